The van der Waals surface area contributed by atoms with E-state index in [1.54, 1.807) is 4.88 Å². The normalized spacial score (nSPS) is 12.8. The maximum absolute atomic E-state index is 10.4. The average Bonchev–Trinajstić information content (AvgIpc) is 3.29. The van der Waals surface area contributed by atoms with Crippen LogP contribution in [0.3, 0.4) is 0 Å². The lowest BCUT2D eigenvalue weighted by Gasteiger charge is -2.10. The summed E-state index contributed by atoms with van der Waals surface area (Å²) < 4.78 is 2.37. The van der Waals surface area contributed by atoms with Crippen LogP contribution in [0.1, 0.15) is 23.4 Å². The predicted molar refractivity (Wildman–Crippen MR) is 115 cm³/mol. The lowest BCUT2D eigenvalue weighted by Crippen LogP contribution is -2.02. The first-order chi connectivity index (χ1) is 15.3. The molecule has 1 aliphatic rings. The van der Waals surface area contributed by atoms with Gasteiger partial charge in [-0.15, -0.1) is 11.3 Å². The van der Waals surface area contributed by atoms with Crippen LogP contribution in [0.2, 0.25) is 0 Å². The zero-order valence-corrected chi connectivity index (χ0v) is 17.2. The third-order valence-corrected chi connectivity index (χ3v) is 6.20. The molecule has 0 radical (unpaired) electrons. The number of thiazole rings is 1. The minimum atomic E-state index is -1.21. The Kier molecular flexibility index (Phi) is 5.40. The van der Waals surface area contributed by atoms with Gasteiger partial charge in [-0.25, -0.2) is 4.98 Å². The zero-order valence-electron chi connectivity index (χ0n) is 16.3. The minimum Gasteiger partial charge on any atom is -0.497 e. The number of aromatic hydroxyl groups is 1. The molecule has 2 heterocycles. The summed E-state index contributed by atoms with van der Waals surface area (Å²) in [5.41, 5.74) is 0.914. The summed E-state index contributed by atoms with van der Waals surface area (Å²) in [6.45, 7) is 0. The highest BCUT2D eigenvalue weighted by Gasteiger charge is 2.30. The number of fused-ring (bicyclic) bond motifs is 5. The van der Waals surface area contributed by atoms with Crippen molar-refractivity contribution in [2.75, 3.05) is 0 Å². The van der Waals surface area contributed by atoms with Crippen molar-refractivity contribution in [2.45, 2.75) is 25.7 Å². The highest BCUT2D eigenvalue weighted by molar-refractivity contribution is 7.17. The second-order valence-corrected chi connectivity index (χ2v) is 8.06. The highest BCUT2D eigenvalue weighted by Crippen LogP contribution is 2.39. The zero-order chi connectivity index (χ0) is 23.0. The Labute approximate surface area is 182 Å². The van der Waals surface area contributed by atoms with Crippen LogP contribution in [0, 0.1) is 30.3 Å². The van der Waals surface area contributed by atoms with Crippen molar-refractivity contribution in [3.63, 3.8) is 0 Å². The molecule has 5 rings (SSSR count). The average molecular weight is 457 g/mol. The molecule has 0 spiro atoms. The molecule has 32 heavy (non-hydrogen) atoms. The molecule has 164 valence electrons. The molecule has 13 heteroatoms. The van der Waals surface area contributed by atoms with Crippen molar-refractivity contribution in [2.24, 2.45) is 0 Å². The first kappa shape index (κ1) is 21.1. The molecule has 1 aliphatic carbocycles. The van der Waals surface area contributed by atoms with E-state index >= 15 is 0 Å². The number of hydrogen-bond donors (Lipinski definition) is 1. The van der Waals surface area contributed by atoms with Gasteiger partial charge in [0.15, 0.2) is 4.96 Å². The van der Waals surface area contributed by atoms with Gasteiger partial charge in [-0.3, -0.25) is 34.7 Å². The van der Waals surface area contributed by atoms with E-state index in [-0.39, 0.29) is 0 Å². The molecule has 2 aromatic carbocycles. The Bertz CT molecular complexity index is 1360. The number of aromatic nitrogens is 2. The summed E-state index contributed by atoms with van der Waals surface area (Å²) in [5, 5.41) is 40.2. The molecule has 0 atom stereocenters. The largest absolute Gasteiger partial charge is 0.497 e. The van der Waals surface area contributed by atoms with E-state index in [0.717, 1.165) is 5.52 Å². The second kappa shape index (κ2) is 8.19. The number of phenols is 1. The quantitative estimate of drug-likeness (QED) is 0.345. The number of nitro groups is 3. The van der Waals surface area contributed by atoms with E-state index in [2.05, 4.69) is 28.7 Å². The molecule has 0 bridgehead atoms. The van der Waals surface area contributed by atoms with Crippen LogP contribution in [0.15, 0.2) is 36.4 Å². The number of rotatable bonds is 3. The Balaban J connectivity index is 0.000000153. The molecule has 0 amide bonds. The lowest BCUT2D eigenvalue weighted by molar-refractivity contribution is -0.404. The van der Waals surface area contributed by atoms with Crippen molar-refractivity contribution < 1.29 is 19.9 Å². The molecular weight excluding hydrogens is 442 g/mol. The Morgan fingerprint density at radius 1 is 0.938 bits per heavy atom. The number of imidazole rings is 1. The Hall–Kier alpha value is -4.13. The van der Waals surface area contributed by atoms with Gasteiger partial charge in [-0.05, 0) is 37.8 Å². The fourth-order valence-electron chi connectivity index (χ4n) is 3.63. The van der Waals surface area contributed by atoms with Gasteiger partial charge in [0.2, 0.25) is 0 Å². The number of phenolic OH excluding ortho intramolecular Hbond substituents is 1. The number of non-ortho nitro benzene ring substituents is 1. The summed E-state index contributed by atoms with van der Waals surface area (Å²) in [7, 11) is 0. The number of aryl methyl sites for hydroxylation is 2. The van der Waals surface area contributed by atoms with Gasteiger partial charge < -0.3 is 5.11 Å². The molecule has 0 aliphatic heterocycles. The second-order valence-electron chi connectivity index (χ2n) is 7.00. The fourth-order valence-corrected chi connectivity index (χ4v) is 4.85. The molecule has 0 saturated carbocycles. The van der Waals surface area contributed by atoms with Crippen LogP contribution in [0.25, 0.3) is 16.0 Å². The molecule has 12 nitrogen and oxygen atoms in total. The number of benzene rings is 2. The van der Waals surface area contributed by atoms with E-state index in [1.165, 1.54) is 41.9 Å². The highest BCUT2D eigenvalue weighted by atomic mass is 32.1. The lowest BCUT2D eigenvalue weighted by atomic mass is 10.0. The summed E-state index contributed by atoms with van der Waals surface area (Å²) in [4.78, 5) is 35.2. The third kappa shape index (κ3) is 3.69. The first-order valence-corrected chi connectivity index (χ1v) is 10.3. The molecule has 4 aromatic rings. The summed E-state index contributed by atoms with van der Waals surface area (Å²) in [6, 6.07) is 9.33. The van der Waals surface area contributed by atoms with Crippen LogP contribution in [-0.4, -0.2) is 29.3 Å². The van der Waals surface area contributed by atoms with Crippen LogP contribution in [0.4, 0.5) is 17.1 Å². The van der Waals surface area contributed by atoms with Crippen molar-refractivity contribution in [1.29, 1.82) is 0 Å². The number of para-hydroxylation sites is 2. The van der Waals surface area contributed by atoms with Gasteiger partial charge in [0.05, 0.1) is 37.9 Å². The molecule has 0 fully saturated rings. The standard InChI is InChI=1S/C13H12N2S.C6H3N3O7/c1-2-6-10-9(5-1)14-13-15(10)11-7-3-4-8-12(11)16-13;10-6-4(8(13)14)1-3(7(11)12)2-5(6)9(15)16/h1-2,5-6H,3-4,7-8H2;1-2,10H. The van der Waals surface area contributed by atoms with Crippen molar-refractivity contribution in [1.82, 2.24) is 9.38 Å². The van der Waals surface area contributed by atoms with E-state index in [4.69, 9.17) is 10.1 Å². The van der Waals surface area contributed by atoms with Gasteiger partial charge in [-0.1, -0.05) is 12.1 Å². The number of hydrogen-bond acceptors (Lipinski definition) is 9. The van der Waals surface area contributed by atoms with Crippen LogP contribution in [0.5, 0.6) is 5.75 Å². The number of nitrogens with zero attached hydrogens (tertiary/aromatic N) is 5. The Morgan fingerprint density at radius 2 is 1.56 bits per heavy atom. The van der Waals surface area contributed by atoms with E-state index in [0.29, 0.717) is 12.1 Å². The molecule has 1 N–H and O–H groups in total. The third-order valence-electron chi connectivity index (χ3n) is 5.06. The maximum Gasteiger partial charge on any atom is 0.324 e. The van der Waals surface area contributed by atoms with E-state index < -0.39 is 37.6 Å². The van der Waals surface area contributed by atoms with Crippen LogP contribution < -0.4 is 0 Å². The van der Waals surface area contributed by atoms with Gasteiger partial charge in [-0.2, -0.15) is 0 Å². The summed E-state index contributed by atoms with van der Waals surface area (Å²) >= 11 is 1.88. The smallest absolute Gasteiger partial charge is 0.324 e. The van der Waals surface area contributed by atoms with Gasteiger partial charge in [0.25, 0.3) is 11.4 Å². The van der Waals surface area contributed by atoms with Crippen molar-refractivity contribution in [3.05, 3.63) is 77.3 Å². The monoisotopic (exact) mass is 457 g/mol. The fraction of sp³-hybridized carbons (Fsp3) is 0.211. The summed E-state index contributed by atoms with van der Waals surface area (Å²) in [5.74, 6) is -1.21. The van der Waals surface area contributed by atoms with Crippen LogP contribution in [-0.2, 0) is 12.8 Å². The molecular formula is C19H15N5O7S. The van der Waals surface area contributed by atoms with Crippen LogP contribution >= 0.6 is 11.3 Å². The Morgan fingerprint density at radius 3 is 2.19 bits per heavy atom. The minimum absolute atomic E-state index is 0.447. The van der Waals surface area contributed by atoms with Gasteiger partial charge >= 0.3 is 11.4 Å². The topological polar surface area (TPSA) is 167 Å². The predicted octanol–water partition coefficient (Wildman–Crippen LogP) is 4.54. The van der Waals surface area contributed by atoms with E-state index in [9.17, 15) is 30.3 Å². The molecule has 2 aromatic heterocycles. The van der Waals surface area contributed by atoms with Crippen molar-refractivity contribution >= 4 is 44.4 Å². The SMILES string of the molecule is O=[N+]([O-])c1cc([N+](=O)[O-])c(O)c([N+](=O)[O-])c1.c1ccc2c(c1)nc1sc3c(n12)CCCC3. The van der Waals surface area contributed by atoms with E-state index in [1.807, 2.05) is 11.3 Å². The summed E-state index contributed by atoms with van der Waals surface area (Å²) in [6.07, 6.45) is 5.13. The molecule has 0 saturated heterocycles. The first-order valence-electron chi connectivity index (χ1n) is 9.46. The van der Waals surface area contributed by atoms with Gasteiger partial charge in [0, 0.05) is 10.6 Å². The molecule has 0 unspecified atom stereocenters. The number of nitro benzene ring substituents is 3. The maximum atomic E-state index is 10.4. The van der Waals surface area contributed by atoms with Crippen molar-refractivity contribution in [3.8, 4) is 5.75 Å². The van der Waals surface area contributed by atoms with Gasteiger partial charge in [0.1, 0.15) is 0 Å².